The van der Waals surface area contributed by atoms with E-state index in [4.69, 9.17) is 0 Å². The quantitative estimate of drug-likeness (QED) is 0.620. The zero-order chi connectivity index (χ0) is 11.6. The SMILES string of the molecule is CNC1(c2ccc(C(=O)OOC)cc2)CC1. The first-order valence-electron chi connectivity index (χ1n) is 5.26. The molecule has 1 fully saturated rings. The van der Waals surface area contributed by atoms with Crippen molar-refractivity contribution in [3.05, 3.63) is 35.4 Å². The van der Waals surface area contributed by atoms with Crippen LogP contribution in [-0.4, -0.2) is 20.1 Å². The van der Waals surface area contributed by atoms with Crippen molar-refractivity contribution in [1.82, 2.24) is 5.32 Å². The van der Waals surface area contributed by atoms with E-state index in [-0.39, 0.29) is 5.54 Å². The van der Waals surface area contributed by atoms with Crippen LogP contribution in [0.2, 0.25) is 0 Å². The molecular formula is C12H15NO3. The van der Waals surface area contributed by atoms with Gasteiger partial charge in [0.2, 0.25) is 0 Å². The summed E-state index contributed by atoms with van der Waals surface area (Å²) in [6, 6.07) is 7.42. The van der Waals surface area contributed by atoms with Crippen molar-refractivity contribution in [3.63, 3.8) is 0 Å². The number of rotatable bonds is 4. The third-order valence-electron chi connectivity index (χ3n) is 3.06. The summed E-state index contributed by atoms with van der Waals surface area (Å²) >= 11 is 0. The fourth-order valence-corrected chi connectivity index (χ4v) is 1.86. The van der Waals surface area contributed by atoms with E-state index in [1.807, 2.05) is 19.2 Å². The fraction of sp³-hybridized carbons (Fsp3) is 0.417. The van der Waals surface area contributed by atoms with Gasteiger partial charge in [-0.1, -0.05) is 12.1 Å². The maximum atomic E-state index is 11.3. The number of nitrogens with one attached hydrogen (secondary N) is 1. The zero-order valence-corrected chi connectivity index (χ0v) is 9.45. The molecule has 0 unspecified atom stereocenters. The predicted octanol–water partition coefficient (Wildman–Crippen LogP) is 1.61. The van der Waals surface area contributed by atoms with Gasteiger partial charge in [-0.2, -0.15) is 4.89 Å². The average molecular weight is 221 g/mol. The Kier molecular flexibility index (Phi) is 2.94. The first-order chi connectivity index (χ1) is 7.72. The second-order valence-electron chi connectivity index (χ2n) is 3.95. The number of hydrogen-bond acceptors (Lipinski definition) is 4. The monoisotopic (exact) mass is 221 g/mol. The van der Waals surface area contributed by atoms with Crippen LogP contribution in [0.25, 0.3) is 0 Å². The molecule has 0 amide bonds. The maximum Gasteiger partial charge on any atom is 0.373 e. The van der Waals surface area contributed by atoms with Gasteiger partial charge in [0.1, 0.15) is 0 Å². The molecular weight excluding hydrogens is 206 g/mol. The number of benzene rings is 1. The molecule has 1 saturated carbocycles. The topological polar surface area (TPSA) is 47.6 Å². The molecule has 1 aliphatic carbocycles. The highest BCUT2D eigenvalue weighted by atomic mass is 17.2. The van der Waals surface area contributed by atoms with E-state index in [9.17, 15) is 4.79 Å². The smallest absolute Gasteiger partial charge is 0.310 e. The minimum Gasteiger partial charge on any atom is -0.310 e. The minimum atomic E-state index is -0.469. The van der Waals surface area contributed by atoms with Crippen molar-refractivity contribution in [3.8, 4) is 0 Å². The van der Waals surface area contributed by atoms with Crippen LogP contribution in [-0.2, 0) is 15.3 Å². The number of hydrogen-bond donors (Lipinski definition) is 1. The van der Waals surface area contributed by atoms with Gasteiger partial charge in [-0.3, -0.25) is 4.89 Å². The van der Waals surface area contributed by atoms with Gasteiger partial charge in [-0.15, -0.1) is 0 Å². The molecule has 1 aromatic rings. The van der Waals surface area contributed by atoms with E-state index < -0.39 is 5.97 Å². The highest BCUT2D eigenvalue weighted by molar-refractivity contribution is 5.88. The lowest BCUT2D eigenvalue weighted by Crippen LogP contribution is -2.24. The van der Waals surface area contributed by atoms with E-state index in [0.717, 1.165) is 12.8 Å². The zero-order valence-electron chi connectivity index (χ0n) is 9.45. The summed E-state index contributed by atoms with van der Waals surface area (Å²) in [5.74, 6) is -0.469. The van der Waals surface area contributed by atoms with Crippen molar-refractivity contribution in [2.75, 3.05) is 14.2 Å². The Labute approximate surface area is 94.5 Å². The molecule has 4 nitrogen and oxygen atoms in total. The summed E-state index contributed by atoms with van der Waals surface area (Å²) in [6.07, 6.45) is 2.29. The molecule has 0 bridgehead atoms. The van der Waals surface area contributed by atoms with Crippen LogP contribution in [0.4, 0.5) is 0 Å². The molecule has 2 rings (SSSR count). The first kappa shape index (κ1) is 11.1. The van der Waals surface area contributed by atoms with Crippen molar-refractivity contribution in [2.24, 2.45) is 0 Å². The largest absolute Gasteiger partial charge is 0.373 e. The second-order valence-corrected chi connectivity index (χ2v) is 3.95. The van der Waals surface area contributed by atoms with Crippen LogP contribution < -0.4 is 5.32 Å². The van der Waals surface area contributed by atoms with Gasteiger partial charge in [0, 0.05) is 5.54 Å². The first-order valence-corrected chi connectivity index (χ1v) is 5.26. The molecule has 0 aromatic heterocycles. The summed E-state index contributed by atoms with van der Waals surface area (Å²) in [6.45, 7) is 0. The third kappa shape index (κ3) is 1.94. The molecule has 0 spiro atoms. The summed E-state index contributed by atoms with van der Waals surface area (Å²) in [7, 11) is 3.27. The maximum absolute atomic E-state index is 11.3. The molecule has 0 heterocycles. The number of carbonyl (C=O) groups is 1. The van der Waals surface area contributed by atoms with Crippen molar-refractivity contribution < 1.29 is 14.6 Å². The minimum absolute atomic E-state index is 0.129. The van der Waals surface area contributed by atoms with Gasteiger partial charge in [-0.05, 0) is 37.6 Å². The number of carbonyl (C=O) groups excluding carboxylic acids is 1. The summed E-state index contributed by atoms with van der Waals surface area (Å²) in [5, 5.41) is 3.30. The van der Waals surface area contributed by atoms with E-state index in [1.54, 1.807) is 12.1 Å². The van der Waals surface area contributed by atoms with Crippen LogP contribution in [0, 0.1) is 0 Å². The van der Waals surface area contributed by atoms with Gasteiger partial charge in [0.25, 0.3) is 0 Å². The molecule has 0 radical (unpaired) electrons. The van der Waals surface area contributed by atoms with Gasteiger partial charge < -0.3 is 5.32 Å². The lowest BCUT2D eigenvalue weighted by atomic mass is 10.0. The Morgan fingerprint density at radius 3 is 2.38 bits per heavy atom. The Morgan fingerprint density at radius 1 is 1.31 bits per heavy atom. The third-order valence-corrected chi connectivity index (χ3v) is 3.06. The van der Waals surface area contributed by atoms with E-state index >= 15 is 0 Å². The fourth-order valence-electron chi connectivity index (χ4n) is 1.86. The van der Waals surface area contributed by atoms with Gasteiger partial charge >= 0.3 is 5.97 Å². The van der Waals surface area contributed by atoms with Gasteiger partial charge in [0.05, 0.1) is 12.7 Å². The van der Waals surface area contributed by atoms with Crippen LogP contribution in [0.1, 0.15) is 28.8 Å². The highest BCUT2D eigenvalue weighted by Crippen LogP contribution is 2.44. The standard InChI is InChI=1S/C12H15NO3/c1-13-12(7-8-12)10-5-3-9(4-6-10)11(14)16-15-2/h3-6,13H,7-8H2,1-2H3. The second kappa shape index (κ2) is 4.23. The summed E-state index contributed by atoms with van der Waals surface area (Å²) in [5.41, 5.74) is 1.84. The van der Waals surface area contributed by atoms with E-state index in [0.29, 0.717) is 5.56 Å². The predicted molar refractivity (Wildman–Crippen MR) is 58.8 cm³/mol. The van der Waals surface area contributed by atoms with Crippen LogP contribution in [0.5, 0.6) is 0 Å². The Morgan fingerprint density at radius 2 is 1.94 bits per heavy atom. The molecule has 1 aromatic carbocycles. The normalized spacial score (nSPS) is 16.9. The molecule has 4 heteroatoms. The van der Waals surface area contributed by atoms with Crippen LogP contribution in [0.3, 0.4) is 0 Å². The average Bonchev–Trinajstić information content (AvgIpc) is 3.10. The Balaban J connectivity index is 2.14. The Bertz CT molecular complexity index is 382. The van der Waals surface area contributed by atoms with Gasteiger partial charge in [-0.25, -0.2) is 4.79 Å². The molecule has 16 heavy (non-hydrogen) atoms. The molecule has 0 saturated heterocycles. The van der Waals surface area contributed by atoms with Crippen molar-refractivity contribution in [2.45, 2.75) is 18.4 Å². The Hall–Kier alpha value is -1.39. The molecule has 1 aliphatic rings. The van der Waals surface area contributed by atoms with Crippen LogP contribution >= 0.6 is 0 Å². The van der Waals surface area contributed by atoms with Crippen molar-refractivity contribution in [1.29, 1.82) is 0 Å². The van der Waals surface area contributed by atoms with E-state index in [1.165, 1.54) is 12.7 Å². The highest BCUT2D eigenvalue weighted by Gasteiger charge is 2.42. The summed E-state index contributed by atoms with van der Waals surface area (Å²) < 4.78 is 0. The molecule has 0 aliphatic heterocycles. The van der Waals surface area contributed by atoms with E-state index in [2.05, 4.69) is 15.1 Å². The van der Waals surface area contributed by atoms with Crippen LogP contribution in [0.15, 0.2) is 24.3 Å². The molecule has 0 atom stereocenters. The molecule has 86 valence electrons. The lowest BCUT2D eigenvalue weighted by molar-refractivity contribution is -0.216. The van der Waals surface area contributed by atoms with Crippen molar-refractivity contribution >= 4 is 5.97 Å². The van der Waals surface area contributed by atoms with Gasteiger partial charge in [0.15, 0.2) is 0 Å². The summed E-state index contributed by atoms with van der Waals surface area (Å²) in [4.78, 5) is 20.1. The lowest BCUT2D eigenvalue weighted by Gasteiger charge is -2.14. The molecule has 1 N–H and O–H groups in total.